The minimum atomic E-state index is 0.298. The Hall–Kier alpha value is -0.830. The molecule has 15 heavy (non-hydrogen) atoms. The lowest BCUT2D eigenvalue weighted by molar-refractivity contribution is -0.132. The van der Waals surface area contributed by atoms with Gasteiger partial charge in [-0.05, 0) is 36.1 Å². The molecular formula is C12H12BrNO. The maximum Gasteiger partial charge on any atom is 0.227 e. The Balaban J connectivity index is 1.95. The van der Waals surface area contributed by atoms with E-state index in [1.165, 1.54) is 24.0 Å². The second-order valence-corrected chi connectivity index (χ2v) is 5.26. The maximum atomic E-state index is 11.8. The molecule has 78 valence electrons. The Bertz CT molecular complexity index is 426. The largest absolute Gasteiger partial charge is 0.335 e. The molecule has 0 bridgehead atoms. The van der Waals surface area contributed by atoms with Gasteiger partial charge in [0.25, 0.3) is 0 Å². The predicted molar refractivity (Wildman–Crippen MR) is 61.4 cm³/mol. The summed E-state index contributed by atoms with van der Waals surface area (Å²) in [6.45, 7) is 0.804. The van der Waals surface area contributed by atoms with Crippen LogP contribution in [0.25, 0.3) is 0 Å². The second-order valence-electron chi connectivity index (χ2n) is 4.34. The van der Waals surface area contributed by atoms with Crippen molar-refractivity contribution in [3.63, 3.8) is 0 Å². The number of hydrogen-bond donors (Lipinski definition) is 0. The fourth-order valence-electron chi connectivity index (χ4n) is 2.17. The lowest BCUT2D eigenvalue weighted by Gasteiger charge is -2.28. The van der Waals surface area contributed by atoms with Crippen molar-refractivity contribution in [2.75, 3.05) is 0 Å². The highest BCUT2D eigenvalue weighted by molar-refractivity contribution is 9.10. The van der Waals surface area contributed by atoms with E-state index in [0.717, 1.165) is 11.0 Å². The molecule has 1 aromatic rings. The quantitative estimate of drug-likeness (QED) is 0.764. The van der Waals surface area contributed by atoms with Gasteiger partial charge in [0, 0.05) is 17.1 Å². The van der Waals surface area contributed by atoms with Crippen LogP contribution in [-0.2, 0) is 17.8 Å². The fraction of sp³-hybridized carbons (Fsp3) is 0.417. The maximum absolute atomic E-state index is 11.8. The van der Waals surface area contributed by atoms with Gasteiger partial charge in [-0.25, -0.2) is 0 Å². The van der Waals surface area contributed by atoms with Crippen molar-refractivity contribution in [3.8, 4) is 0 Å². The second kappa shape index (κ2) is 3.34. The van der Waals surface area contributed by atoms with Gasteiger partial charge in [-0.3, -0.25) is 4.79 Å². The van der Waals surface area contributed by atoms with Crippen LogP contribution < -0.4 is 0 Å². The Kier molecular flexibility index (Phi) is 2.09. The van der Waals surface area contributed by atoms with E-state index < -0.39 is 0 Å². The summed E-state index contributed by atoms with van der Waals surface area (Å²) in [6, 6.07) is 6.74. The Morgan fingerprint density at radius 3 is 2.80 bits per heavy atom. The van der Waals surface area contributed by atoms with Gasteiger partial charge in [-0.2, -0.15) is 0 Å². The van der Waals surface area contributed by atoms with Crippen molar-refractivity contribution in [1.82, 2.24) is 4.90 Å². The minimum absolute atomic E-state index is 0.298. The first-order chi connectivity index (χ1) is 7.24. The molecule has 3 heteroatoms. The Labute approximate surface area is 97.4 Å². The third-order valence-electron chi connectivity index (χ3n) is 3.16. The third kappa shape index (κ3) is 1.69. The van der Waals surface area contributed by atoms with Crippen molar-refractivity contribution < 1.29 is 4.79 Å². The molecule has 2 aliphatic rings. The summed E-state index contributed by atoms with van der Waals surface area (Å²) in [5.41, 5.74) is 2.50. The van der Waals surface area contributed by atoms with E-state index in [0.29, 0.717) is 18.4 Å². The minimum Gasteiger partial charge on any atom is -0.335 e. The molecule has 0 saturated heterocycles. The van der Waals surface area contributed by atoms with Gasteiger partial charge >= 0.3 is 0 Å². The van der Waals surface area contributed by atoms with Gasteiger partial charge < -0.3 is 4.90 Å². The molecule has 1 amide bonds. The number of nitrogens with zero attached hydrogens (tertiary/aromatic N) is 1. The third-order valence-corrected chi connectivity index (χ3v) is 3.65. The van der Waals surface area contributed by atoms with Crippen LogP contribution in [0.3, 0.4) is 0 Å². The highest BCUT2D eigenvalue weighted by Crippen LogP contribution is 2.32. The summed E-state index contributed by atoms with van der Waals surface area (Å²) in [5, 5.41) is 0. The molecule has 2 nitrogen and oxygen atoms in total. The zero-order chi connectivity index (χ0) is 10.4. The van der Waals surface area contributed by atoms with Crippen molar-refractivity contribution in [2.45, 2.75) is 31.8 Å². The van der Waals surface area contributed by atoms with Crippen LogP contribution in [0.1, 0.15) is 24.0 Å². The first kappa shape index (κ1) is 9.40. The topological polar surface area (TPSA) is 20.3 Å². The SMILES string of the molecule is O=C1Cc2ccc(Br)cc2CN1C1CC1. The van der Waals surface area contributed by atoms with E-state index in [1.807, 2.05) is 11.0 Å². The molecule has 0 unspecified atom stereocenters. The summed E-state index contributed by atoms with van der Waals surface area (Å²) in [6.07, 6.45) is 2.96. The molecule has 0 spiro atoms. The molecular weight excluding hydrogens is 254 g/mol. The van der Waals surface area contributed by atoms with Gasteiger partial charge in [-0.15, -0.1) is 0 Å². The van der Waals surface area contributed by atoms with E-state index >= 15 is 0 Å². The zero-order valence-corrected chi connectivity index (χ0v) is 9.96. The van der Waals surface area contributed by atoms with Crippen molar-refractivity contribution >= 4 is 21.8 Å². The molecule has 0 atom stereocenters. The van der Waals surface area contributed by atoms with Gasteiger partial charge in [0.1, 0.15) is 0 Å². The first-order valence-corrected chi connectivity index (χ1v) is 6.10. The number of amides is 1. The molecule has 0 N–H and O–H groups in total. The molecule has 0 radical (unpaired) electrons. The van der Waals surface area contributed by atoms with Gasteiger partial charge in [0.2, 0.25) is 5.91 Å². The lowest BCUT2D eigenvalue weighted by Crippen LogP contribution is -2.37. The van der Waals surface area contributed by atoms with Crippen molar-refractivity contribution in [1.29, 1.82) is 0 Å². The zero-order valence-electron chi connectivity index (χ0n) is 8.37. The van der Waals surface area contributed by atoms with E-state index in [4.69, 9.17) is 0 Å². The number of hydrogen-bond acceptors (Lipinski definition) is 1. The van der Waals surface area contributed by atoms with Crippen LogP contribution in [0.5, 0.6) is 0 Å². The molecule has 0 aromatic heterocycles. The number of rotatable bonds is 1. The normalized spacial score (nSPS) is 20.3. The Morgan fingerprint density at radius 1 is 1.27 bits per heavy atom. The Morgan fingerprint density at radius 2 is 2.07 bits per heavy atom. The van der Waals surface area contributed by atoms with Crippen LogP contribution in [0, 0.1) is 0 Å². The van der Waals surface area contributed by atoms with E-state index in [-0.39, 0.29) is 0 Å². The standard InChI is InChI=1S/C12H12BrNO/c13-10-2-1-8-6-12(15)14(11-3-4-11)7-9(8)5-10/h1-2,5,11H,3-4,6-7H2. The molecule has 1 fully saturated rings. The smallest absolute Gasteiger partial charge is 0.227 e. The number of halogens is 1. The lowest BCUT2D eigenvalue weighted by atomic mass is 9.99. The van der Waals surface area contributed by atoms with E-state index in [1.54, 1.807) is 0 Å². The molecule has 1 aliphatic heterocycles. The average Bonchev–Trinajstić information content (AvgIpc) is 3.01. The molecule has 1 aliphatic carbocycles. The summed E-state index contributed by atoms with van der Waals surface area (Å²) in [7, 11) is 0. The van der Waals surface area contributed by atoms with Crippen molar-refractivity contribution in [2.24, 2.45) is 0 Å². The van der Waals surface area contributed by atoms with Crippen LogP contribution in [-0.4, -0.2) is 16.8 Å². The summed E-state index contributed by atoms with van der Waals surface area (Å²) in [4.78, 5) is 13.9. The number of carbonyl (C=O) groups excluding carboxylic acids is 1. The fourth-order valence-corrected chi connectivity index (χ4v) is 2.58. The van der Waals surface area contributed by atoms with Crippen LogP contribution in [0.4, 0.5) is 0 Å². The average molecular weight is 266 g/mol. The van der Waals surface area contributed by atoms with Crippen LogP contribution >= 0.6 is 15.9 Å². The van der Waals surface area contributed by atoms with Gasteiger partial charge in [-0.1, -0.05) is 22.0 Å². The predicted octanol–water partition coefficient (Wildman–Crippen LogP) is 2.50. The van der Waals surface area contributed by atoms with Gasteiger partial charge in [0.05, 0.1) is 6.42 Å². The van der Waals surface area contributed by atoms with Crippen molar-refractivity contribution in [3.05, 3.63) is 33.8 Å². The summed E-state index contributed by atoms with van der Waals surface area (Å²) >= 11 is 3.47. The highest BCUT2D eigenvalue weighted by atomic mass is 79.9. The summed E-state index contributed by atoms with van der Waals surface area (Å²) in [5.74, 6) is 0.298. The van der Waals surface area contributed by atoms with Crippen LogP contribution in [0.2, 0.25) is 0 Å². The highest BCUT2D eigenvalue weighted by Gasteiger charge is 2.35. The van der Waals surface area contributed by atoms with E-state index in [2.05, 4.69) is 28.1 Å². The molecule has 1 aromatic carbocycles. The molecule has 3 rings (SSSR count). The molecule has 1 heterocycles. The number of benzene rings is 1. The monoisotopic (exact) mass is 265 g/mol. The molecule has 1 saturated carbocycles. The van der Waals surface area contributed by atoms with E-state index in [9.17, 15) is 4.79 Å². The number of fused-ring (bicyclic) bond motifs is 1. The van der Waals surface area contributed by atoms with Gasteiger partial charge in [0.15, 0.2) is 0 Å². The summed E-state index contributed by atoms with van der Waals surface area (Å²) < 4.78 is 1.10. The first-order valence-electron chi connectivity index (χ1n) is 5.31. The number of carbonyl (C=O) groups is 1. The van der Waals surface area contributed by atoms with Crippen LogP contribution in [0.15, 0.2) is 22.7 Å².